The normalized spacial score (nSPS) is 13.7. The van der Waals surface area contributed by atoms with Crippen LogP contribution in [0.1, 0.15) is 23.7 Å². The number of hydrogen-bond donors (Lipinski definition) is 1. The van der Waals surface area contributed by atoms with Crippen LogP contribution in [0.2, 0.25) is 0 Å². The molecule has 0 aromatic heterocycles. The van der Waals surface area contributed by atoms with Crippen LogP contribution in [-0.2, 0) is 14.3 Å². The van der Waals surface area contributed by atoms with Gasteiger partial charge in [-0.15, -0.1) is 0 Å². The molecule has 2 amide bonds. The maximum Gasteiger partial charge on any atom is 0.338 e. The van der Waals surface area contributed by atoms with Gasteiger partial charge in [0.2, 0.25) is 0 Å². The fraction of sp³-hybridized carbons (Fsp3) is 0.190. The smallest absolute Gasteiger partial charge is 0.338 e. The molecule has 0 spiro atoms. The van der Waals surface area contributed by atoms with Crippen molar-refractivity contribution >= 4 is 40.8 Å². The first-order valence-corrected chi connectivity index (χ1v) is 9.31. The van der Waals surface area contributed by atoms with Crippen molar-refractivity contribution in [1.29, 1.82) is 0 Å². The summed E-state index contributed by atoms with van der Waals surface area (Å²) in [4.78, 5) is 38.2. The number of hydrogen-bond acceptors (Lipinski definition) is 6. The first kappa shape index (κ1) is 20.4. The minimum atomic E-state index is -0.632. The van der Waals surface area contributed by atoms with Gasteiger partial charge < -0.3 is 14.8 Å². The van der Waals surface area contributed by atoms with Crippen LogP contribution in [0.25, 0.3) is 0 Å². The van der Waals surface area contributed by atoms with E-state index in [-0.39, 0.29) is 10.7 Å². The Bertz CT molecular complexity index is 985. The molecule has 7 nitrogen and oxygen atoms in total. The summed E-state index contributed by atoms with van der Waals surface area (Å²) in [5.74, 6) is -1.13. The molecular formula is C21H19ClN2O5. The van der Waals surface area contributed by atoms with Gasteiger partial charge in [0, 0.05) is 11.8 Å². The summed E-state index contributed by atoms with van der Waals surface area (Å²) in [7, 11) is 1.49. The molecule has 8 heteroatoms. The summed E-state index contributed by atoms with van der Waals surface area (Å²) in [5, 5.41) is 2.64. The molecule has 2 aromatic carbocycles. The summed E-state index contributed by atoms with van der Waals surface area (Å²) < 4.78 is 10.2. The molecule has 1 heterocycles. The molecule has 2 aromatic rings. The van der Waals surface area contributed by atoms with Crippen LogP contribution in [-0.4, -0.2) is 31.5 Å². The van der Waals surface area contributed by atoms with E-state index in [4.69, 9.17) is 21.1 Å². The van der Waals surface area contributed by atoms with Crippen molar-refractivity contribution in [3.05, 3.63) is 64.8 Å². The molecular weight excluding hydrogens is 396 g/mol. The number of carbonyl (C=O) groups excluding carboxylic acids is 3. The highest BCUT2D eigenvalue weighted by atomic mass is 35.5. The Kier molecular flexibility index (Phi) is 6.19. The Hall–Kier alpha value is -3.32. The van der Waals surface area contributed by atoms with E-state index in [1.807, 2.05) is 6.92 Å². The van der Waals surface area contributed by atoms with Crippen LogP contribution in [0.4, 0.5) is 11.4 Å². The van der Waals surface area contributed by atoms with E-state index in [0.29, 0.717) is 29.3 Å². The van der Waals surface area contributed by atoms with Gasteiger partial charge in [-0.2, -0.15) is 0 Å². The summed E-state index contributed by atoms with van der Waals surface area (Å²) in [6.07, 6.45) is 0.734. The van der Waals surface area contributed by atoms with Gasteiger partial charge in [-0.05, 0) is 42.8 Å². The minimum Gasteiger partial charge on any atom is -0.497 e. The number of amides is 2. The van der Waals surface area contributed by atoms with Gasteiger partial charge in [-0.3, -0.25) is 9.59 Å². The third-order valence-corrected chi connectivity index (χ3v) is 4.52. The Balaban J connectivity index is 1.78. The number of benzene rings is 2. The van der Waals surface area contributed by atoms with Crippen LogP contribution in [0.5, 0.6) is 5.75 Å². The molecule has 0 aliphatic carbocycles. The highest BCUT2D eigenvalue weighted by Gasteiger charge is 2.39. The zero-order valence-corrected chi connectivity index (χ0v) is 16.7. The Morgan fingerprint density at radius 3 is 2.48 bits per heavy atom. The van der Waals surface area contributed by atoms with Crippen molar-refractivity contribution in [3.63, 3.8) is 0 Å². The van der Waals surface area contributed by atoms with Crippen LogP contribution in [0.15, 0.2) is 59.3 Å². The highest BCUT2D eigenvalue weighted by Crippen LogP contribution is 2.31. The molecule has 0 radical (unpaired) electrons. The minimum absolute atomic E-state index is 0.0409. The molecule has 0 unspecified atom stereocenters. The average Bonchev–Trinajstić information content (AvgIpc) is 2.95. The van der Waals surface area contributed by atoms with Crippen LogP contribution >= 0.6 is 11.6 Å². The van der Waals surface area contributed by atoms with Gasteiger partial charge in [0.1, 0.15) is 16.5 Å². The number of halogens is 1. The van der Waals surface area contributed by atoms with Gasteiger partial charge in [-0.25, -0.2) is 9.69 Å². The average molecular weight is 415 g/mol. The number of rotatable bonds is 7. The van der Waals surface area contributed by atoms with Crippen molar-refractivity contribution in [3.8, 4) is 5.75 Å². The number of carbonyl (C=O) groups is 3. The van der Waals surface area contributed by atoms with Crippen molar-refractivity contribution in [1.82, 2.24) is 0 Å². The third kappa shape index (κ3) is 4.25. The number of nitrogens with one attached hydrogen (secondary N) is 1. The van der Waals surface area contributed by atoms with Gasteiger partial charge in [0.25, 0.3) is 11.8 Å². The second-order valence-corrected chi connectivity index (χ2v) is 6.55. The van der Waals surface area contributed by atoms with E-state index in [1.165, 1.54) is 7.11 Å². The van der Waals surface area contributed by atoms with Crippen molar-refractivity contribution in [2.45, 2.75) is 13.3 Å². The zero-order chi connectivity index (χ0) is 21.0. The quantitative estimate of drug-likeness (QED) is 0.549. The fourth-order valence-corrected chi connectivity index (χ4v) is 2.92. The number of imide groups is 1. The summed E-state index contributed by atoms with van der Waals surface area (Å²) in [6.45, 7) is 2.25. The molecule has 1 N–H and O–H groups in total. The van der Waals surface area contributed by atoms with Crippen LogP contribution < -0.4 is 15.0 Å². The lowest BCUT2D eigenvalue weighted by atomic mass is 10.2. The monoisotopic (exact) mass is 414 g/mol. The molecule has 0 saturated heterocycles. The molecule has 150 valence electrons. The third-order valence-electron chi connectivity index (χ3n) is 4.17. The Labute approximate surface area is 172 Å². The predicted molar refractivity (Wildman–Crippen MR) is 109 cm³/mol. The lowest BCUT2D eigenvalue weighted by Gasteiger charge is -2.16. The first-order valence-electron chi connectivity index (χ1n) is 8.93. The van der Waals surface area contributed by atoms with E-state index >= 15 is 0 Å². The SMILES string of the molecule is CCCOC(=O)c1ccc(NC2=C(Cl)C(=O)N(c3cccc(OC)c3)C2=O)cc1. The largest absolute Gasteiger partial charge is 0.497 e. The highest BCUT2D eigenvalue weighted by molar-refractivity contribution is 6.53. The molecule has 0 fully saturated rings. The Morgan fingerprint density at radius 2 is 1.83 bits per heavy atom. The van der Waals surface area contributed by atoms with E-state index in [2.05, 4.69) is 5.32 Å². The second kappa shape index (κ2) is 8.79. The summed E-state index contributed by atoms with van der Waals surface area (Å²) in [5.41, 5.74) is 1.19. The Morgan fingerprint density at radius 1 is 1.10 bits per heavy atom. The standard InChI is InChI=1S/C21H19ClN2O5/c1-3-11-29-21(27)13-7-9-14(10-8-13)23-18-17(22)19(25)24(20(18)26)15-5-4-6-16(12-15)28-2/h4-10,12,23H,3,11H2,1-2H3. The van der Waals surface area contributed by atoms with Gasteiger partial charge in [-0.1, -0.05) is 24.6 Å². The molecule has 0 atom stereocenters. The molecule has 1 aliphatic rings. The number of nitrogens with zero attached hydrogens (tertiary/aromatic N) is 1. The summed E-state index contributed by atoms with van der Waals surface area (Å²) in [6, 6.07) is 12.9. The van der Waals surface area contributed by atoms with Crippen LogP contribution in [0, 0.1) is 0 Å². The number of ether oxygens (including phenoxy) is 2. The molecule has 1 aliphatic heterocycles. The fourth-order valence-electron chi connectivity index (χ4n) is 2.71. The topological polar surface area (TPSA) is 84.9 Å². The van der Waals surface area contributed by atoms with Crippen molar-refractivity contribution in [2.24, 2.45) is 0 Å². The maximum atomic E-state index is 12.8. The van der Waals surface area contributed by atoms with Gasteiger partial charge >= 0.3 is 5.97 Å². The second-order valence-electron chi connectivity index (χ2n) is 6.17. The molecule has 29 heavy (non-hydrogen) atoms. The van der Waals surface area contributed by atoms with E-state index in [9.17, 15) is 14.4 Å². The van der Waals surface area contributed by atoms with Crippen LogP contribution in [0.3, 0.4) is 0 Å². The lowest BCUT2D eigenvalue weighted by Crippen LogP contribution is -2.32. The zero-order valence-electron chi connectivity index (χ0n) is 15.9. The van der Waals surface area contributed by atoms with Gasteiger partial charge in [0.05, 0.1) is 25.0 Å². The molecule has 3 rings (SSSR count). The van der Waals surface area contributed by atoms with Gasteiger partial charge in [0.15, 0.2) is 0 Å². The number of esters is 1. The molecule has 0 bridgehead atoms. The number of anilines is 2. The van der Waals surface area contributed by atoms with E-state index in [0.717, 1.165) is 11.3 Å². The maximum absolute atomic E-state index is 12.8. The summed E-state index contributed by atoms with van der Waals surface area (Å²) >= 11 is 6.13. The predicted octanol–water partition coefficient (Wildman–Crippen LogP) is 3.70. The number of methoxy groups -OCH3 is 1. The lowest BCUT2D eigenvalue weighted by molar-refractivity contribution is -0.120. The first-order chi connectivity index (χ1) is 14.0. The van der Waals surface area contributed by atoms with E-state index in [1.54, 1.807) is 48.5 Å². The van der Waals surface area contributed by atoms with Crippen molar-refractivity contribution < 1.29 is 23.9 Å². The van der Waals surface area contributed by atoms with E-state index < -0.39 is 17.8 Å². The molecule has 0 saturated carbocycles. The van der Waals surface area contributed by atoms with Crippen molar-refractivity contribution in [2.75, 3.05) is 23.9 Å².